The maximum atomic E-state index is 13.2. The Morgan fingerprint density at radius 3 is 1.82 bits per heavy atom. The Morgan fingerprint density at radius 1 is 0.882 bits per heavy atom. The number of carbonyl (C=O) groups excluding carboxylic acids is 1. The monoisotopic (exact) mass is 631 g/mol. The van der Waals surface area contributed by atoms with E-state index in [0.29, 0.717) is 18.2 Å². The van der Waals surface area contributed by atoms with Gasteiger partial charge in [-0.3, -0.25) is 4.90 Å². The molecule has 1 aliphatic rings. The second-order valence-electron chi connectivity index (χ2n) is 7.44. The lowest BCUT2D eigenvalue weighted by molar-refractivity contribution is -0.143. The highest BCUT2D eigenvalue weighted by molar-refractivity contribution is 14.1. The van der Waals surface area contributed by atoms with Crippen LogP contribution in [0.4, 0.5) is 44.3 Å². The van der Waals surface area contributed by atoms with Gasteiger partial charge in [0.25, 0.3) is 0 Å². The maximum absolute atomic E-state index is 13.2. The van der Waals surface area contributed by atoms with Crippen LogP contribution in [0.1, 0.15) is 40.8 Å². The third kappa shape index (κ3) is 5.50. The van der Waals surface area contributed by atoms with E-state index in [1.54, 1.807) is 22.6 Å². The van der Waals surface area contributed by atoms with Crippen LogP contribution in [0.2, 0.25) is 5.02 Å². The first-order chi connectivity index (χ1) is 15.4. The van der Waals surface area contributed by atoms with Gasteiger partial charge in [-0.1, -0.05) is 11.6 Å². The van der Waals surface area contributed by atoms with Crippen LogP contribution in [0.3, 0.4) is 0 Å². The predicted octanol–water partition coefficient (Wildman–Crippen LogP) is 8.08. The molecule has 0 N–H and O–H groups in total. The smallest absolute Gasteiger partial charge is 0.416 e. The normalized spacial score (nSPS) is 19.5. The summed E-state index contributed by atoms with van der Waals surface area (Å²) in [6.45, 7) is 0.828. The number of benzene rings is 2. The van der Waals surface area contributed by atoms with Crippen molar-refractivity contribution in [3.63, 3.8) is 0 Å². The van der Waals surface area contributed by atoms with Crippen LogP contribution < -0.4 is 0 Å². The van der Waals surface area contributed by atoms with Gasteiger partial charge in [0.05, 0.1) is 34.3 Å². The van der Waals surface area contributed by atoms with Gasteiger partial charge in [0.2, 0.25) is 0 Å². The van der Waals surface area contributed by atoms with E-state index in [-0.39, 0.29) is 20.2 Å². The van der Waals surface area contributed by atoms with E-state index in [1.807, 2.05) is 0 Å². The van der Waals surface area contributed by atoms with E-state index in [1.165, 1.54) is 6.92 Å². The minimum atomic E-state index is -5.10. The predicted molar refractivity (Wildman–Crippen MR) is 110 cm³/mol. The standard InChI is InChI=1S/C20H12ClF9INO2/c1-8-16(9-2-11(18(22,23)24)5-12(3-9)19(25,26)27)34-17(33)32(8)7-10-4-13(20(28,29)30)6-14(21)15(10)31/h2-6,8,16H,7H2,1H3/t8-,16-/m0/s1. The van der Waals surface area contributed by atoms with Crippen LogP contribution in [0, 0.1) is 3.57 Å². The fraction of sp³-hybridized carbons (Fsp3) is 0.350. The van der Waals surface area contributed by atoms with Crippen LogP contribution in [0.25, 0.3) is 0 Å². The highest BCUT2D eigenvalue weighted by Gasteiger charge is 2.43. The third-order valence-electron chi connectivity index (χ3n) is 5.10. The van der Waals surface area contributed by atoms with Crippen LogP contribution in [0.15, 0.2) is 30.3 Å². The van der Waals surface area contributed by atoms with E-state index in [9.17, 15) is 44.3 Å². The van der Waals surface area contributed by atoms with E-state index in [4.69, 9.17) is 16.3 Å². The molecule has 0 spiro atoms. The first-order valence-electron chi connectivity index (χ1n) is 9.21. The zero-order valence-corrected chi connectivity index (χ0v) is 19.6. The van der Waals surface area contributed by atoms with Crippen LogP contribution in [-0.4, -0.2) is 17.0 Å². The van der Waals surface area contributed by atoms with Crippen molar-refractivity contribution in [1.82, 2.24) is 4.90 Å². The number of alkyl halides is 9. The number of nitrogens with zero attached hydrogens (tertiary/aromatic N) is 1. The van der Waals surface area contributed by atoms with Gasteiger partial charge in [-0.05, 0) is 71.0 Å². The summed E-state index contributed by atoms with van der Waals surface area (Å²) in [4.78, 5) is 13.3. The molecule has 0 radical (unpaired) electrons. The molecule has 0 aliphatic carbocycles. The van der Waals surface area contributed by atoms with Gasteiger partial charge in [-0.25, -0.2) is 4.79 Å². The van der Waals surface area contributed by atoms with E-state index in [2.05, 4.69) is 0 Å². The van der Waals surface area contributed by atoms with E-state index < -0.39 is 65.6 Å². The Labute approximate surface area is 204 Å². The number of rotatable bonds is 3. The summed E-state index contributed by atoms with van der Waals surface area (Å²) in [6.07, 6.45) is -17.6. The van der Waals surface area contributed by atoms with Gasteiger partial charge in [-0.2, -0.15) is 39.5 Å². The fourth-order valence-corrected chi connectivity index (χ4v) is 4.13. The Morgan fingerprint density at radius 2 is 1.35 bits per heavy atom. The summed E-state index contributed by atoms with van der Waals surface area (Å²) in [5.74, 6) is 0. The molecule has 14 heteroatoms. The van der Waals surface area contributed by atoms with Gasteiger partial charge >= 0.3 is 24.6 Å². The Bertz CT molecular complexity index is 1080. The average molecular weight is 632 g/mol. The molecule has 0 aromatic heterocycles. The van der Waals surface area contributed by atoms with Crippen molar-refractivity contribution in [3.8, 4) is 0 Å². The topological polar surface area (TPSA) is 29.5 Å². The number of cyclic esters (lactones) is 1. The van der Waals surface area contributed by atoms with Crippen molar-refractivity contribution < 1.29 is 49.0 Å². The number of hydrogen-bond donors (Lipinski definition) is 0. The molecule has 3 nitrogen and oxygen atoms in total. The molecule has 1 amide bonds. The average Bonchev–Trinajstić information content (AvgIpc) is 2.97. The van der Waals surface area contributed by atoms with Crippen molar-refractivity contribution >= 4 is 40.3 Å². The Kier molecular flexibility index (Phi) is 7.03. The minimum Gasteiger partial charge on any atom is -0.439 e. The molecule has 0 unspecified atom stereocenters. The van der Waals surface area contributed by atoms with Gasteiger partial charge in [0.15, 0.2) is 0 Å². The molecule has 2 atom stereocenters. The number of amides is 1. The maximum Gasteiger partial charge on any atom is 0.416 e. The highest BCUT2D eigenvalue weighted by atomic mass is 127. The van der Waals surface area contributed by atoms with Crippen LogP contribution in [0.5, 0.6) is 0 Å². The summed E-state index contributed by atoms with van der Waals surface area (Å²) >= 11 is 7.54. The molecule has 1 heterocycles. The van der Waals surface area contributed by atoms with Gasteiger partial charge in [0, 0.05) is 3.57 Å². The minimum absolute atomic E-state index is 0.0232. The summed E-state index contributed by atoms with van der Waals surface area (Å²) in [5, 5.41) is -0.241. The van der Waals surface area contributed by atoms with Crippen molar-refractivity contribution in [3.05, 3.63) is 66.7 Å². The molecule has 2 aromatic rings. The lowest BCUT2D eigenvalue weighted by atomic mass is 9.97. The molecule has 1 saturated heterocycles. The second-order valence-corrected chi connectivity index (χ2v) is 8.93. The molecule has 1 aliphatic heterocycles. The highest BCUT2D eigenvalue weighted by Crippen LogP contribution is 2.42. The molecule has 34 heavy (non-hydrogen) atoms. The van der Waals surface area contributed by atoms with Crippen molar-refractivity contribution in [2.75, 3.05) is 0 Å². The number of hydrogen-bond acceptors (Lipinski definition) is 2. The van der Waals surface area contributed by atoms with Gasteiger partial charge < -0.3 is 4.74 Å². The van der Waals surface area contributed by atoms with Crippen molar-refractivity contribution in [2.24, 2.45) is 0 Å². The van der Waals surface area contributed by atoms with Gasteiger partial charge in [0.1, 0.15) is 6.10 Å². The summed E-state index contributed by atoms with van der Waals surface area (Å²) < 4.78 is 124. The molecule has 2 aromatic carbocycles. The molecule has 1 fully saturated rings. The second kappa shape index (κ2) is 8.95. The molecule has 186 valence electrons. The van der Waals surface area contributed by atoms with Crippen molar-refractivity contribution in [1.29, 1.82) is 0 Å². The van der Waals surface area contributed by atoms with Crippen LogP contribution >= 0.6 is 34.2 Å². The zero-order valence-electron chi connectivity index (χ0n) is 16.7. The molecular formula is C20H12ClF9INO2. The first kappa shape index (κ1) is 26.7. The number of halogens is 11. The molecule has 3 rings (SSSR count). The largest absolute Gasteiger partial charge is 0.439 e. The van der Waals surface area contributed by atoms with Crippen LogP contribution in [-0.2, 0) is 29.8 Å². The Hall–Kier alpha value is -1.90. The van der Waals surface area contributed by atoms with E-state index >= 15 is 0 Å². The number of carbonyl (C=O) groups is 1. The van der Waals surface area contributed by atoms with Crippen molar-refractivity contribution in [2.45, 2.75) is 44.1 Å². The lowest BCUT2D eigenvalue weighted by Gasteiger charge is -2.23. The molecule has 0 saturated carbocycles. The third-order valence-corrected chi connectivity index (χ3v) is 6.99. The lowest BCUT2D eigenvalue weighted by Crippen LogP contribution is -2.32. The zero-order chi connectivity index (χ0) is 25.8. The Balaban J connectivity index is 1.99. The van der Waals surface area contributed by atoms with E-state index in [0.717, 1.165) is 11.0 Å². The summed E-state index contributed by atoms with van der Waals surface area (Å²) in [6, 6.07) is 1.17. The fourth-order valence-electron chi connectivity index (χ4n) is 3.41. The quantitative estimate of drug-likeness (QED) is 0.253. The summed E-state index contributed by atoms with van der Waals surface area (Å²) in [5.41, 5.74) is -4.83. The summed E-state index contributed by atoms with van der Waals surface area (Å²) in [7, 11) is 0. The van der Waals surface area contributed by atoms with Gasteiger partial charge in [-0.15, -0.1) is 0 Å². The first-order valence-corrected chi connectivity index (χ1v) is 10.7. The molecule has 0 bridgehead atoms. The SMILES string of the molecule is C[C@H]1[C@@H](c2cc(C(F)(F)F)cc(C(F)(F)F)c2)OC(=O)N1Cc1cc(C(F)(F)F)cc(Cl)c1I. The number of ether oxygens (including phenoxy) is 1. The molecular weight excluding hydrogens is 620 g/mol.